The summed E-state index contributed by atoms with van der Waals surface area (Å²) in [5.41, 5.74) is 4.12. The topological polar surface area (TPSA) is 44.2 Å². The van der Waals surface area contributed by atoms with E-state index in [-0.39, 0.29) is 0 Å². The van der Waals surface area contributed by atoms with E-state index in [4.69, 9.17) is 14.5 Å². The Morgan fingerprint density at radius 3 is 1.93 bits per heavy atom. The fourth-order valence-electron chi connectivity index (χ4n) is 2.82. The summed E-state index contributed by atoms with van der Waals surface area (Å²) in [5.74, 6) is 1.66. The number of methoxy groups -OCH3 is 2. The van der Waals surface area contributed by atoms with Crippen LogP contribution in [-0.2, 0) is 0 Å². The Bertz CT molecular complexity index is 961. The van der Waals surface area contributed by atoms with Gasteiger partial charge in [-0.25, -0.2) is 4.98 Å². The summed E-state index contributed by atoms with van der Waals surface area (Å²) >= 11 is 1.66. The maximum Gasteiger partial charge on any atom is 0.126 e. The van der Waals surface area contributed by atoms with Crippen LogP contribution < -0.4 is 9.47 Å². The average molecular weight is 374 g/mol. The van der Waals surface area contributed by atoms with E-state index < -0.39 is 0 Å². The third kappa shape index (κ3) is 3.55. The molecule has 0 amide bonds. The normalized spacial score (nSPS) is 10.6. The first-order chi connectivity index (χ1) is 13.3. The molecule has 0 atom stereocenters. The molecule has 0 spiro atoms. The summed E-state index contributed by atoms with van der Waals surface area (Å²) in [5, 5.41) is 0.944. The third-order valence-electron chi connectivity index (χ3n) is 4.25. The van der Waals surface area contributed by atoms with Gasteiger partial charge < -0.3 is 9.47 Å². The molecule has 4 rings (SSSR count). The minimum absolute atomic E-state index is 0.826. The van der Waals surface area contributed by atoms with Crippen molar-refractivity contribution in [1.82, 2.24) is 9.97 Å². The number of hydrogen-bond acceptors (Lipinski definition) is 5. The fraction of sp³-hybridized carbons (Fsp3) is 0.0909. The highest BCUT2D eigenvalue weighted by Gasteiger charge is 2.16. The summed E-state index contributed by atoms with van der Waals surface area (Å²) in [4.78, 5) is 10.3. The minimum Gasteiger partial charge on any atom is -0.497 e. The molecule has 4 nitrogen and oxygen atoms in total. The maximum atomic E-state index is 5.29. The van der Waals surface area contributed by atoms with Gasteiger partial charge in [0.25, 0.3) is 0 Å². The Labute approximate surface area is 162 Å². The van der Waals surface area contributed by atoms with E-state index >= 15 is 0 Å². The van der Waals surface area contributed by atoms with Gasteiger partial charge in [-0.3, -0.25) is 4.98 Å². The molecule has 4 aromatic rings. The van der Waals surface area contributed by atoms with E-state index in [1.165, 1.54) is 0 Å². The predicted molar refractivity (Wildman–Crippen MR) is 109 cm³/mol. The number of hydrogen-bond donors (Lipinski definition) is 0. The van der Waals surface area contributed by atoms with Crippen LogP contribution in [0.1, 0.15) is 0 Å². The van der Waals surface area contributed by atoms with Crippen molar-refractivity contribution in [3.63, 3.8) is 0 Å². The molecule has 134 valence electrons. The van der Waals surface area contributed by atoms with E-state index in [0.29, 0.717) is 0 Å². The molecule has 0 saturated carbocycles. The van der Waals surface area contributed by atoms with Gasteiger partial charge in [0.1, 0.15) is 16.5 Å². The number of rotatable bonds is 5. The van der Waals surface area contributed by atoms with E-state index in [0.717, 1.165) is 43.8 Å². The molecule has 0 unspecified atom stereocenters. The van der Waals surface area contributed by atoms with Crippen LogP contribution in [0.3, 0.4) is 0 Å². The van der Waals surface area contributed by atoms with Crippen molar-refractivity contribution in [2.45, 2.75) is 0 Å². The molecular weight excluding hydrogens is 356 g/mol. The summed E-state index contributed by atoms with van der Waals surface area (Å²) in [6, 6.07) is 20.0. The zero-order valence-corrected chi connectivity index (χ0v) is 15.9. The van der Waals surface area contributed by atoms with E-state index in [2.05, 4.69) is 17.1 Å². The lowest BCUT2D eigenvalue weighted by atomic mass is 10.1. The summed E-state index contributed by atoms with van der Waals surface area (Å²) in [6.45, 7) is 0. The number of ether oxygens (including phenoxy) is 2. The second kappa shape index (κ2) is 7.60. The SMILES string of the molecule is COc1ccc(-c2nc(-c3cccnc3)sc2-c2ccc(OC)cc2)cc1. The largest absolute Gasteiger partial charge is 0.497 e. The molecule has 0 bridgehead atoms. The first-order valence-corrected chi connectivity index (χ1v) is 9.30. The Morgan fingerprint density at radius 1 is 0.741 bits per heavy atom. The number of nitrogens with zero attached hydrogens (tertiary/aromatic N) is 2. The number of benzene rings is 2. The first-order valence-electron chi connectivity index (χ1n) is 8.48. The van der Waals surface area contributed by atoms with Crippen LogP contribution >= 0.6 is 11.3 Å². The van der Waals surface area contributed by atoms with Crippen molar-refractivity contribution < 1.29 is 9.47 Å². The van der Waals surface area contributed by atoms with Crippen molar-refractivity contribution in [2.24, 2.45) is 0 Å². The smallest absolute Gasteiger partial charge is 0.126 e. The summed E-state index contributed by atoms with van der Waals surface area (Å²) in [6.07, 6.45) is 3.61. The van der Waals surface area contributed by atoms with Crippen molar-refractivity contribution in [3.05, 3.63) is 73.1 Å². The summed E-state index contributed by atoms with van der Waals surface area (Å²) < 4.78 is 10.6. The lowest BCUT2D eigenvalue weighted by Gasteiger charge is -2.05. The van der Waals surface area contributed by atoms with Gasteiger partial charge in [0.15, 0.2) is 0 Å². The molecule has 2 aromatic carbocycles. The monoisotopic (exact) mass is 374 g/mol. The van der Waals surface area contributed by atoms with E-state index in [9.17, 15) is 0 Å². The van der Waals surface area contributed by atoms with Crippen LogP contribution in [0, 0.1) is 0 Å². The quantitative estimate of drug-likeness (QED) is 0.459. The maximum absolute atomic E-state index is 5.29. The van der Waals surface area contributed by atoms with Gasteiger partial charge in [-0.05, 0) is 66.2 Å². The predicted octanol–water partition coefficient (Wildman–Crippen LogP) is 5.56. The number of thiazole rings is 1. The molecule has 0 fully saturated rings. The van der Waals surface area contributed by atoms with Crippen molar-refractivity contribution in [3.8, 4) is 43.8 Å². The second-order valence-electron chi connectivity index (χ2n) is 5.90. The van der Waals surface area contributed by atoms with Gasteiger partial charge in [0.05, 0.1) is 24.8 Å². The number of aromatic nitrogens is 2. The van der Waals surface area contributed by atoms with E-state index in [1.807, 2.05) is 54.7 Å². The third-order valence-corrected chi connectivity index (χ3v) is 5.40. The fourth-order valence-corrected chi connectivity index (χ4v) is 3.90. The lowest BCUT2D eigenvalue weighted by Crippen LogP contribution is -1.86. The Balaban J connectivity index is 1.85. The van der Waals surface area contributed by atoms with Gasteiger partial charge in [0, 0.05) is 23.5 Å². The van der Waals surface area contributed by atoms with Gasteiger partial charge in [-0.15, -0.1) is 11.3 Å². The highest BCUT2D eigenvalue weighted by molar-refractivity contribution is 7.19. The Morgan fingerprint density at radius 2 is 1.37 bits per heavy atom. The van der Waals surface area contributed by atoms with Crippen LogP contribution in [0.2, 0.25) is 0 Å². The minimum atomic E-state index is 0.826. The molecular formula is C22H18N2O2S. The zero-order chi connectivity index (χ0) is 18.6. The molecule has 2 aromatic heterocycles. The molecule has 0 aliphatic carbocycles. The Hall–Kier alpha value is -3.18. The molecule has 2 heterocycles. The molecule has 0 radical (unpaired) electrons. The zero-order valence-electron chi connectivity index (χ0n) is 15.0. The van der Waals surface area contributed by atoms with Gasteiger partial charge in [-0.2, -0.15) is 0 Å². The summed E-state index contributed by atoms with van der Waals surface area (Å²) in [7, 11) is 3.34. The molecule has 0 aliphatic heterocycles. The molecule has 0 aliphatic rings. The molecule has 5 heteroatoms. The molecule has 27 heavy (non-hydrogen) atoms. The highest BCUT2D eigenvalue weighted by atomic mass is 32.1. The van der Waals surface area contributed by atoms with Crippen LogP contribution in [0.4, 0.5) is 0 Å². The second-order valence-corrected chi connectivity index (χ2v) is 6.89. The van der Waals surface area contributed by atoms with Crippen LogP contribution in [0.25, 0.3) is 32.3 Å². The highest BCUT2D eigenvalue weighted by Crippen LogP contribution is 2.41. The van der Waals surface area contributed by atoms with Gasteiger partial charge in [-0.1, -0.05) is 0 Å². The first kappa shape index (κ1) is 17.2. The van der Waals surface area contributed by atoms with Gasteiger partial charge >= 0.3 is 0 Å². The average Bonchev–Trinajstić information content (AvgIpc) is 3.20. The van der Waals surface area contributed by atoms with Crippen molar-refractivity contribution in [2.75, 3.05) is 14.2 Å². The Kier molecular flexibility index (Phi) is 4.85. The van der Waals surface area contributed by atoms with Crippen LogP contribution in [0.15, 0.2) is 73.1 Å². The van der Waals surface area contributed by atoms with Crippen LogP contribution in [0.5, 0.6) is 11.5 Å². The molecule has 0 saturated heterocycles. The van der Waals surface area contributed by atoms with Crippen molar-refractivity contribution in [1.29, 1.82) is 0 Å². The van der Waals surface area contributed by atoms with E-state index in [1.54, 1.807) is 31.8 Å². The van der Waals surface area contributed by atoms with Crippen LogP contribution in [-0.4, -0.2) is 24.2 Å². The lowest BCUT2D eigenvalue weighted by molar-refractivity contribution is 0.414. The standard InChI is InChI=1S/C22H18N2O2S/c1-25-18-9-5-15(6-10-18)20-21(16-7-11-19(26-2)12-8-16)27-22(24-20)17-4-3-13-23-14-17/h3-14H,1-2H3. The number of pyridine rings is 1. The molecule has 0 N–H and O–H groups in total. The van der Waals surface area contributed by atoms with Gasteiger partial charge in [0.2, 0.25) is 0 Å². The van der Waals surface area contributed by atoms with Crippen molar-refractivity contribution >= 4 is 11.3 Å².